The number of nitrogens with zero attached hydrogens (tertiary/aromatic N) is 2. The largest absolute Gasteiger partial charge is 0.495 e. The summed E-state index contributed by atoms with van der Waals surface area (Å²) in [5, 5.41) is 7.30. The van der Waals surface area contributed by atoms with E-state index in [9.17, 15) is 0 Å². The van der Waals surface area contributed by atoms with Crippen molar-refractivity contribution in [3.05, 3.63) is 59.6 Å². The number of aromatic nitrogens is 2. The first-order valence-corrected chi connectivity index (χ1v) is 8.90. The molecule has 1 aromatic heterocycles. The fourth-order valence-electron chi connectivity index (χ4n) is 2.67. The second-order valence-electron chi connectivity index (χ2n) is 6.22. The van der Waals surface area contributed by atoms with Crippen molar-refractivity contribution in [2.75, 3.05) is 17.7 Å². The molecular weight excluding hydrogens is 348 g/mol. The van der Waals surface area contributed by atoms with E-state index in [0.717, 1.165) is 22.8 Å². The first kappa shape index (κ1) is 16.7. The van der Waals surface area contributed by atoms with Crippen molar-refractivity contribution in [1.82, 2.24) is 9.97 Å². The SMILES string of the molecule is COc1ccc(Cl)cc1Nc1nc(NC2CC2)cc(-c2ccccc2)n1. The van der Waals surface area contributed by atoms with Crippen molar-refractivity contribution >= 4 is 29.1 Å². The van der Waals surface area contributed by atoms with Crippen molar-refractivity contribution < 1.29 is 4.74 Å². The average molecular weight is 367 g/mol. The quantitative estimate of drug-likeness (QED) is 0.633. The summed E-state index contributed by atoms with van der Waals surface area (Å²) in [6, 6.07) is 17.9. The standard InChI is InChI=1S/C20H19ClN4O/c1-26-18-10-7-14(21)11-17(18)24-20-23-16(13-5-3-2-4-6-13)12-19(25-20)22-15-8-9-15/h2-7,10-12,15H,8-9H2,1H3,(H2,22,23,24,25). The number of rotatable bonds is 6. The molecule has 132 valence electrons. The molecular formula is C20H19ClN4O. The van der Waals surface area contributed by atoms with Gasteiger partial charge in [0, 0.05) is 22.7 Å². The maximum Gasteiger partial charge on any atom is 0.229 e. The van der Waals surface area contributed by atoms with E-state index in [4.69, 9.17) is 16.3 Å². The Morgan fingerprint density at radius 1 is 1.04 bits per heavy atom. The third kappa shape index (κ3) is 3.89. The highest BCUT2D eigenvalue weighted by atomic mass is 35.5. The molecule has 0 radical (unpaired) electrons. The van der Waals surface area contributed by atoms with E-state index in [0.29, 0.717) is 22.8 Å². The Balaban J connectivity index is 1.71. The summed E-state index contributed by atoms with van der Waals surface area (Å²) in [5.41, 5.74) is 2.62. The topological polar surface area (TPSA) is 59.1 Å². The second-order valence-corrected chi connectivity index (χ2v) is 6.65. The third-order valence-electron chi connectivity index (χ3n) is 4.13. The Hall–Kier alpha value is -2.79. The Morgan fingerprint density at radius 2 is 1.85 bits per heavy atom. The van der Waals surface area contributed by atoms with Crippen LogP contribution in [0.1, 0.15) is 12.8 Å². The molecule has 1 saturated carbocycles. The smallest absolute Gasteiger partial charge is 0.229 e. The minimum absolute atomic E-state index is 0.495. The van der Waals surface area contributed by atoms with Gasteiger partial charge in [0.1, 0.15) is 11.6 Å². The number of methoxy groups -OCH3 is 1. The van der Waals surface area contributed by atoms with Gasteiger partial charge in [-0.1, -0.05) is 41.9 Å². The van der Waals surface area contributed by atoms with Crippen molar-refractivity contribution in [2.45, 2.75) is 18.9 Å². The lowest BCUT2D eigenvalue weighted by atomic mass is 10.1. The van der Waals surface area contributed by atoms with E-state index in [1.54, 1.807) is 19.2 Å². The molecule has 0 bridgehead atoms. The normalized spacial score (nSPS) is 13.3. The molecule has 1 aliphatic carbocycles. The number of nitrogens with one attached hydrogen (secondary N) is 2. The first-order chi connectivity index (χ1) is 12.7. The van der Waals surface area contributed by atoms with Gasteiger partial charge in [0.25, 0.3) is 0 Å². The summed E-state index contributed by atoms with van der Waals surface area (Å²) in [7, 11) is 1.62. The minimum Gasteiger partial charge on any atom is -0.495 e. The third-order valence-corrected chi connectivity index (χ3v) is 4.37. The molecule has 1 aliphatic rings. The Labute approximate surface area is 157 Å². The van der Waals surface area contributed by atoms with Gasteiger partial charge < -0.3 is 15.4 Å². The van der Waals surface area contributed by atoms with Crippen LogP contribution in [-0.2, 0) is 0 Å². The Morgan fingerprint density at radius 3 is 2.58 bits per heavy atom. The maximum atomic E-state index is 6.13. The molecule has 4 rings (SSSR count). The van der Waals surface area contributed by atoms with Crippen LogP contribution in [-0.4, -0.2) is 23.1 Å². The highest BCUT2D eigenvalue weighted by molar-refractivity contribution is 6.31. The Kier molecular flexibility index (Phi) is 4.63. The van der Waals surface area contributed by atoms with Crippen LogP contribution in [0.3, 0.4) is 0 Å². The van der Waals surface area contributed by atoms with Crippen molar-refractivity contribution in [2.24, 2.45) is 0 Å². The average Bonchev–Trinajstić information content (AvgIpc) is 3.46. The molecule has 5 nitrogen and oxygen atoms in total. The zero-order valence-corrected chi connectivity index (χ0v) is 15.1. The molecule has 2 aromatic carbocycles. The van der Waals surface area contributed by atoms with Crippen LogP contribution in [0, 0.1) is 0 Å². The van der Waals surface area contributed by atoms with Crippen LogP contribution in [0.2, 0.25) is 5.02 Å². The molecule has 0 aliphatic heterocycles. The van der Waals surface area contributed by atoms with E-state index in [-0.39, 0.29) is 0 Å². The number of hydrogen-bond acceptors (Lipinski definition) is 5. The molecule has 2 N–H and O–H groups in total. The number of ether oxygens (including phenoxy) is 1. The maximum absolute atomic E-state index is 6.13. The summed E-state index contributed by atoms with van der Waals surface area (Å²) in [6.45, 7) is 0. The lowest BCUT2D eigenvalue weighted by Crippen LogP contribution is -2.07. The van der Waals surface area contributed by atoms with Crippen molar-refractivity contribution in [1.29, 1.82) is 0 Å². The zero-order valence-electron chi connectivity index (χ0n) is 14.4. The van der Waals surface area contributed by atoms with Crippen LogP contribution >= 0.6 is 11.6 Å². The van der Waals surface area contributed by atoms with E-state index in [1.807, 2.05) is 42.5 Å². The van der Waals surface area contributed by atoms with Gasteiger partial charge in [-0.2, -0.15) is 4.98 Å². The predicted molar refractivity (Wildman–Crippen MR) is 105 cm³/mol. The first-order valence-electron chi connectivity index (χ1n) is 8.53. The summed E-state index contributed by atoms with van der Waals surface area (Å²) in [5.74, 6) is 1.99. The van der Waals surface area contributed by atoms with Gasteiger partial charge in [-0.05, 0) is 31.0 Å². The van der Waals surface area contributed by atoms with Crippen molar-refractivity contribution in [3.63, 3.8) is 0 Å². The summed E-state index contributed by atoms with van der Waals surface area (Å²) in [4.78, 5) is 9.28. The number of halogens is 1. The highest BCUT2D eigenvalue weighted by Crippen LogP contribution is 2.32. The molecule has 1 fully saturated rings. The summed E-state index contributed by atoms with van der Waals surface area (Å²) >= 11 is 6.13. The van der Waals surface area contributed by atoms with Crippen LogP contribution in [0.5, 0.6) is 5.75 Å². The lowest BCUT2D eigenvalue weighted by molar-refractivity contribution is 0.417. The second kappa shape index (κ2) is 7.22. The molecule has 6 heteroatoms. The van der Waals surface area contributed by atoms with Gasteiger partial charge in [-0.25, -0.2) is 4.98 Å². The van der Waals surface area contributed by atoms with E-state index < -0.39 is 0 Å². The molecule has 0 amide bonds. The molecule has 3 aromatic rings. The van der Waals surface area contributed by atoms with Gasteiger partial charge in [0.2, 0.25) is 5.95 Å². The highest BCUT2D eigenvalue weighted by Gasteiger charge is 2.22. The van der Waals surface area contributed by atoms with Crippen LogP contribution in [0.25, 0.3) is 11.3 Å². The van der Waals surface area contributed by atoms with Crippen LogP contribution in [0.15, 0.2) is 54.6 Å². The van der Waals surface area contributed by atoms with Gasteiger partial charge in [-0.3, -0.25) is 0 Å². The van der Waals surface area contributed by atoms with Gasteiger partial charge >= 0.3 is 0 Å². The van der Waals surface area contributed by atoms with Crippen LogP contribution < -0.4 is 15.4 Å². The lowest BCUT2D eigenvalue weighted by Gasteiger charge is -2.13. The minimum atomic E-state index is 0.495. The van der Waals surface area contributed by atoms with Gasteiger partial charge in [-0.15, -0.1) is 0 Å². The van der Waals surface area contributed by atoms with Crippen molar-refractivity contribution in [3.8, 4) is 17.0 Å². The van der Waals surface area contributed by atoms with Gasteiger partial charge in [0.15, 0.2) is 0 Å². The van der Waals surface area contributed by atoms with E-state index >= 15 is 0 Å². The Bertz CT molecular complexity index is 913. The fraction of sp³-hybridized carbons (Fsp3) is 0.200. The summed E-state index contributed by atoms with van der Waals surface area (Å²) in [6.07, 6.45) is 2.35. The van der Waals surface area contributed by atoms with E-state index in [1.165, 1.54) is 12.8 Å². The number of benzene rings is 2. The molecule has 0 atom stereocenters. The molecule has 0 unspecified atom stereocenters. The predicted octanol–water partition coefficient (Wildman–Crippen LogP) is 5.12. The monoisotopic (exact) mass is 366 g/mol. The molecule has 1 heterocycles. The molecule has 26 heavy (non-hydrogen) atoms. The fourth-order valence-corrected chi connectivity index (χ4v) is 2.84. The van der Waals surface area contributed by atoms with Gasteiger partial charge in [0.05, 0.1) is 18.5 Å². The zero-order chi connectivity index (χ0) is 17.9. The summed E-state index contributed by atoms with van der Waals surface area (Å²) < 4.78 is 5.40. The number of anilines is 3. The van der Waals surface area contributed by atoms with E-state index in [2.05, 4.69) is 20.6 Å². The molecule has 0 saturated heterocycles. The molecule has 0 spiro atoms. The number of hydrogen-bond donors (Lipinski definition) is 2. The van der Waals surface area contributed by atoms with Crippen LogP contribution in [0.4, 0.5) is 17.5 Å².